The van der Waals surface area contributed by atoms with Gasteiger partial charge in [-0.1, -0.05) is 11.6 Å². The van der Waals surface area contributed by atoms with Crippen LogP contribution in [0.3, 0.4) is 0 Å². The van der Waals surface area contributed by atoms with Crippen molar-refractivity contribution in [1.29, 1.82) is 0 Å². The van der Waals surface area contributed by atoms with Gasteiger partial charge in [-0.25, -0.2) is 19.9 Å². The maximum absolute atomic E-state index is 6.45. The van der Waals surface area contributed by atoms with E-state index >= 15 is 0 Å². The highest BCUT2D eigenvalue weighted by atomic mass is 35.5. The summed E-state index contributed by atoms with van der Waals surface area (Å²) in [5, 5.41) is 4.52. The fourth-order valence-electron chi connectivity index (χ4n) is 4.00. The number of morpholine rings is 1. The molecule has 0 radical (unpaired) electrons. The van der Waals surface area contributed by atoms with E-state index in [0.717, 1.165) is 55.9 Å². The van der Waals surface area contributed by atoms with Crippen molar-refractivity contribution >= 4 is 39.7 Å². The van der Waals surface area contributed by atoms with Gasteiger partial charge in [-0.3, -0.25) is 4.90 Å². The van der Waals surface area contributed by atoms with Gasteiger partial charge in [-0.2, -0.15) is 0 Å². The van der Waals surface area contributed by atoms with Crippen LogP contribution in [-0.2, 0) is 11.3 Å². The zero-order valence-electron chi connectivity index (χ0n) is 20.3. The molecule has 1 aliphatic heterocycles. The molecule has 3 heterocycles. The van der Waals surface area contributed by atoms with Crippen molar-refractivity contribution in [2.24, 2.45) is 0 Å². The smallest absolute Gasteiger partial charge is 0.166 e. The lowest BCUT2D eigenvalue weighted by molar-refractivity contribution is 0.0358. The van der Waals surface area contributed by atoms with Gasteiger partial charge in [0.25, 0.3) is 0 Å². The van der Waals surface area contributed by atoms with Crippen molar-refractivity contribution in [1.82, 2.24) is 24.8 Å². The SMILES string of the molecule is Nc1cc2c(Nc3ccc(OCc4ncccn4)c(Cl)c3)ncnc2cc1OCCCN1CCOCC1. The van der Waals surface area contributed by atoms with Crippen molar-refractivity contribution in [3.05, 3.63) is 66.0 Å². The molecule has 4 aromatic rings. The number of hydrogen-bond donors (Lipinski definition) is 2. The molecule has 1 fully saturated rings. The van der Waals surface area contributed by atoms with E-state index in [4.69, 9.17) is 31.5 Å². The van der Waals surface area contributed by atoms with Crippen LogP contribution in [-0.4, -0.2) is 64.3 Å². The summed E-state index contributed by atoms with van der Waals surface area (Å²) in [7, 11) is 0. The lowest BCUT2D eigenvalue weighted by Gasteiger charge is -2.26. The quantitative estimate of drug-likeness (QED) is 0.233. The highest BCUT2D eigenvalue weighted by Crippen LogP contribution is 2.33. The Morgan fingerprint density at radius 3 is 2.65 bits per heavy atom. The average molecular weight is 522 g/mol. The molecule has 5 rings (SSSR count). The van der Waals surface area contributed by atoms with Crippen molar-refractivity contribution in [3.8, 4) is 11.5 Å². The van der Waals surface area contributed by atoms with Gasteiger partial charge in [0.1, 0.15) is 30.3 Å². The fraction of sp³-hybridized carbons (Fsp3) is 0.308. The third kappa shape index (κ3) is 6.53. The summed E-state index contributed by atoms with van der Waals surface area (Å²) in [6.07, 6.45) is 5.75. The first-order chi connectivity index (χ1) is 18.2. The van der Waals surface area contributed by atoms with Gasteiger partial charge in [0.05, 0.1) is 36.0 Å². The molecule has 3 N–H and O–H groups in total. The van der Waals surface area contributed by atoms with Gasteiger partial charge in [0.15, 0.2) is 5.82 Å². The Morgan fingerprint density at radius 2 is 1.84 bits per heavy atom. The van der Waals surface area contributed by atoms with Crippen molar-refractivity contribution in [2.45, 2.75) is 13.0 Å². The number of rotatable bonds is 10. The first kappa shape index (κ1) is 24.9. The van der Waals surface area contributed by atoms with Gasteiger partial charge < -0.3 is 25.3 Å². The predicted molar refractivity (Wildman–Crippen MR) is 142 cm³/mol. The van der Waals surface area contributed by atoms with Gasteiger partial charge in [-0.15, -0.1) is 0 Å². The average Bonchev–Trinajstić information content (AvgIpc) is 2.92. The van der Waals surface area contributed by atoms with Gasteiger partial charge >= 0.3 is 0 Å². The van der Waals surface area contributed by atoms with Crippen LogP contribution in [0, 0.1) is 0 Å². The molecule has 0 spiro atoms. The largest absolute Gasteiger partial charge is 0.491 e. The zero-order valence-corrected chi connectivity index (χ0v) is 21.0. The third-order valence-electron chi connectivity index (χ3n) is 5.92. The minimum Gasteiger partial charge on any atom is -0.491 e. The summed E-state index contributed by atoms with van der Waals surface area (Å²) in [5.74, 6) is 2.34. The number of fused-ring (bicyclic) bond motifs is 1. The molecule has 11 heteroatoms. The van der Waals surface area contributed by atoms with E-state index in [0.29, 0.717) is 40.5 Å². The Hall–Kier alpha value is -3.73. The molecule has 192 valence electrons. The van der Waals surface area contributed by atoms with Crippen LogP contribution in [0.4, 0.5) is 17.2 Å². The normalized spacial score (nSPS) is 14.0. The number of halogens is 1. The monoisotopic (exact) mass is 521 g/mol. The van der Waals surface area contributed by atoms with E-state index < -0.39 is 0 Å². The number of anilines is 3. The molecule has 0 unspecified atom stereocenters. The Bertz CT molecular complexity index is 1340. The number of aromatic nitrogens is 4. The Labute approximate surface area is 219 Å². The van der Waals surface area contributed by atoms with E-state index in [-0.39, 0.29) is 6.61 Å². The number of nitrogens with one attached hydrogen (secondary N) is 1. The zero-order chi connectivity index (χ0) is 25.5. The first-order valence-corrected chi connectivity index (χ1v) is 12.5. The van der Waals surface area contributed by atoms with E-state index in [9.17, 15) is 0 Å². The Morgan fingerprint density at radius 1 is 1.00 bits per heavy atom. The Balaban J connectivity index is 1.23. The second-order valence-electron chi connectivity index (χ2n) is 8.51. The molecule has 0 saturated carbocycles. The number of nitrogens with two attached hydrogens (primary N) is 1. The highest BCUT2D eigenvalue weighted by Gasteiger charge is 2.13. The predicted octanol–water partition coefficient (Wildman–Crippen LogP) is 4.08. The van der Waals surface area contributed by atoms with Crippen molar-refractivity contribution in [3.63, 3.8) is 0 Å². The van der Waals surface area contributed by atoms with Crippen molar-refractivity contribution in [2.75, 3.05) is 50.5 Å². The highest BCUT2D eigenvalue weighted by molar-refractivity contribution is 6.32. The molecule has 1 aliphatic rings. The summed E-state index contributed by atoms with van der Waals surface area (Å²) < 4.78 is 17.1. The fourth-order valence-corrected chi connectivity index (χ4v) is 4.23. The lowest BCUT2D eigenvalue weighted by Crippen LogP contribution is -2.37. The molecule has 2 aromatic heterocycles. The second kappa shape index (κ2) is 12.0. The summed E-state index contributed by atoms with van der Waals surface area (Å²) in [5.41, 5.74) is 8.32. The number of hydrogen-bond acceptors (Lipinski definition) is 10. The molecule has 2 aromatic carbocycles. The minimum absolute atomic E-state index is 0.223. The van der Waals surface area contributed by atoms with Crippen LogP contribution < -0.4 is 20.5 Å². The van der Waals surface area contributed by atoms with E-state index in [1.165, 1.54) is 6.33 Å². The summed E-state index contributed by atoms with van der Waals surface area (Å²) in [6.45, 7) is 5.29. The summed E-state index contributed by atoms with van der Waals surface area (Å²) >= 11 is 6.45. The molecule has 10 nitrogen and oxygen atoms in total. The molecule has 0 bridgehead atoms. The molecule has 0 atom stereocenters. The third-order valence-corrected chi connectivity index (χ3v) is 6.21. The molecule has 0 aliphatic carbocycles. The van der Waals surface area contributed by atoms with Crippen LogP contribution in [0.2, 0.25) is 5.02 Å². The summed E-state index contributed by atoms with van der Waals surface area (Å²) in [4.78, 5) is 19.5. The number of benzene rings is 2. The maximum atomic E-state index is 6.45. The van der Waals surface area contributed by atoms with Gasteiger partial charge in [0.2, 0.25) is 0 Å². The van der Waals surface area contributed by atoms with Crippen LogP contribution in [0.15, 0.2) is 55.1 Å². The Kier molecular flexibility index (Phi) is 8.09. The van der Waals surface area contributed by atoms with E-state index in [2.05, 4.69) is 30.2 Å². The molecule has 1 saturated heterocycles. The number of ether oxygens (including phenoxy) is 3. The second-order valence-corrected chi connectivity index (χ2v) is 8.92. The number of nitrogen functional groups attached to an aromatic ring is 1. The molecule has 37 heavy (non-hydrogen) atoms. The van der Waals surface area contributed by atoms with Crippen molar-refractivity contribution < 1.29 is 14.2 Å². The topological polar surface area (TPSA) is 121 Å². The first-order valence-electron chi connectivity index (χ1n) is 12.1. The minimum atomic E-state index is 0.223. The molecule has 0 amide bonds. The molecular weight excluding hydrogens is 494 g/mol. The lowest BCUT2D eigenvalue weighted by atomic mass is 10.2. The maximum Gasteiger partial charge on any atom is 0.166 e. The van der Waals surface area contributed by atoms with Crippen LogP contribution in [0.25, 0.3) is 10.9 Å². The van der Waals surface area contributed by atoms with Gasteiger partial charge in [0, 0.05) is 49.2 Å². The molecular formula is C26H28ClN7O3. The van der Waals surface area contributed by atoms with E-state index in [1.807, 2.05) is 18.2 Å². The standard InChI is InChI=1S/C26H28ClN7O3/c27-20-13-18(3-4-23(20)37-16-25-29-5-1-6-30-25)33-26-19-14-21(28)24(15-22(19)31-17-32-26)36-10-2-7-34-8-11-35-12-9-34/h1,3-6,13-15,17H,2,7-12,16,28H2,(H,31,32,33). The van der Waals surface area contributed by atoms with Crippen LogP contribution >= 0.6 is 11.6 Å². The van der Waals surface area contributed by atoms with Crippen LogP contribution in [0.5, 0.6) is 11.5 Å². The van der Waals surface area contributed by atoms with Gasteiger partial charge in [-0.05, 0) is 36.8 Å². The number of nitrogens with zero attached hydrogens (tertiary/aromatic N) is 5. The van der Waals surface area contributed by atoms with Crippen LogP contribution in [0.1, 0.15) is 12.2 Å². The van der Waals surface area contributed by atoms with E-state index in [1.54, 1.807) is 30.6 Å². The summed E-state index contributed by atoms with van der Waals surface area (Å²) in [6, 6.07) is 10.8.